The number of nitrogens with zero attached hydrogens (tertiary/aromatic N) is 3. The lowest BCUT2D eigenvalue weighted by atomic mass is 10.2. The number of hydrogen-bond donors (Lipinski definition) is 1. The standard InChI is InChI=1S/C13H18N4/c1-17-11-10-16-13(17)5-9-15-8-4-12-2-6-14-7-3-12/h2-3,6-7,10-11,15H,4-5,8-9H2,1H3. The fourth-order valence-electron chi connectivity index (χ4n) is 1.74. The second-order valence-corrected chi connectivity index (χ2v) is 4.06. The quantitative estimate of drug-likeness (QED) is 0.758. The van der Waals surface area contributed by atoms with Crippen molar-refractivity contribution in [3.8, 4) is 0 Å². The largest absolute Gasteiger partial charge is 0.338 e. The highest BCUT2D eigenvalue weighted by molar-refractivity contribution is 5.09. The Kier molecular flexibility index (Phi) is 4.27. The van der Waals surface area contributed by atoms with Gasteiger partial charge in [0.25, 0.3) is 0 Å². The van der Waals surface area contributed by atoms with Crippen LogP contribution >= 0.6 is 0 Å². The Bertz CT molecular complexity index is 436. The Labute approximate surface area is 102 Å². The molecule has 0 amide bonds. The smallest absolute Gasteiger partial charge is 0.109 e. The molecule has 0 saturated carbocycles. The molecule has 2 aromatic rings. The third-order valence-electron chi connectivity index (χ3n) is 2.79. The molecule has 2 rings (SSSR count). The highest BCUT2D eigenvalue weighted by Crippen LogP contribution is 1.97. The second-order valence-electron chi connectivity index (χ2n) is 4.06. The van der Waals surface area contributed by atoms with E-state index in [0.717, 1.165) is 31.8 Å². The van der Waals surface area contributed by atoms with E-state index in [0.29, 0.717) is 0 Å². The van der Waals surface area contributed by atoms with Crippen molar-refractivity contribution >= 4 is 0 Å². The fourth-order valence-corrected chi connectivity index (χ4v) is 1.74. The van der Waals surface area contributed by atoms with E-state index in [9.17, 15) is 0 Å². The minimum absolute atomic E-state index is 0.968. The van der Waals surface area contributed by atoms with E-state index in [1.165, 1.54) is 5.56 Å². The molecule has 17 heavy (non-hydrogen) atoms. The van der Waals surface area contributed by atoms with Gasteiger partial charge in [0.1, 0.15) is 5.82 Å². The monoisotopic (exact) mass is 230 g/mol. The van der Waals surface area contributed by atoms with Crippen molar-refractivity contribution < 1.29 is 0 Å². The third kappa shape index (κ3) is 3.67. The van der Waals surface area contributed by atoms with E-state index in [4.69, 9.17) is 0 Å². The zero-order valence-electron chi connectivity index (χ0n) is 10.1. The van der Waals surface area contributed by atoms with Crippen LogP contribution < -0.4 is 5.32 Å². The molecule has 0 fully saturated rings. The first-order chi connectivity index (χ1) is 8.36. The molecule has 0 atom stereocenters. The third-order valence-corrected chi connectivity index (χ3v) is 2.79. The van der Waals surface area contributed by atoms with Gasteiger partial charge in [-0.1, -0.05) is 0 Å². The molecule has 2 heterocycles. The molecule has 90 valence electrons. The maximum atomic E-state index is 4.29. The number of nitrogens with one attached hydrogen (secondary N) is 1. The van der Waals surface area contributed by atoms with Crippen molar-refractivity contribution in [1.82, 2.24) is 19.9 Å². The maximum absolute atomic E-state index is 4.29. The van der Waals surface area contributed by atoms with Crippen molar-refractivity contribution in [2.24, 2.45) is 7.05 Å². The molecule has 4 heteroatoms. The van der Waals surface area contributed by atoms with Gasteiger partial charge in [0, 0.05) is 44.8 Å². The van der Waals surface area contributed by atoms with E-state index in [1.54, 1.807) is 0 Å². The summed E-state index contributed by atoms with van der Waals surface area (Å²) in [4.78, 5) is 8.29. The van der Waals surface area contributed by atoms with Crippen molar-refractivity contribution in [3.63, 3.8) is 0 Å². The molecule has 0 bridgehead atoms. The first-order valence-corrected chi connectivity index (χ1v) is 5.92. The van der Waals surface area contributed by atoms with Gasteiger partial charge in [-0.25, -0.2) is 4.98 Å². The van der Waals surface area contributed by atoms with E-state index in [-0.39, 0.29) is 0 Å². The minimum atomic E-state index is 0.968. The second kappa shape index (κ2) is 6.15. The Morgan fingerprint density at radius 2 is 1.88 bits per heavy atom. The molecule has 0 radical (unpaired) electrons. The van der Waals surface area contributed by atoms with Crippen LogP contribution in [0.15, 0.2) is 36.9 Å². The molecule has 0 aliphatic carbocycles. The molecule has 0 aliphatic heterocycles. The molecule has 0 aromatic carbocycles. The Hall–Kier alpha value is -1.68. The zero-order valence-corrected chi connectivity index (χ0v) is 10.1. The van der Waals surface area contributed by atoms with Crippen LogP contribution in [-0.2, 0) is 19.9 Å². The van der Waals surface area contributed by atoms with Crippen LogP contribution in [0.25, 0.3) is 0 Å². The Balaban J connectivity index is 1.63. The van der Waals surface area contributed by atoms with Crippen LogP contribution in [0.5, 0.6) is 0 Å². The molecule has 0 saturated heterocycles. The maximum Gasteiger partial charge on any atom is 0.109 e. The summed E-state index contributed by atoms with van der Waals surface area (Å²) >= 11 is 0. The molecule has 0 unspecified atom stereocenters. The summed E-state index contributed by atoms with van der Waals surface area (Å²) < 4.78 is 2.06. The Morgan fingerprint density at radius 1 is 1.12 bits per heavy atom. The van der Waals surface area contributed by atoms with Gasteiger partial charge >= 0.3 is 0 Å². The summed E-state index contributed by atoms with van der Waals surface area (Å²) in [7, 11) is 2.03. The molecule has 1 N–H and O–H groups in total. The number of rotatable bonds is 6. The van der Waals surface area contributed by atoms with Crippen molar-refractivity contribution in [3.05, 3.63) is 48.3 Å². The van der Waals surface area contributed by atoms with Crippen LogP contribution in [-0.4, -0.2) is 27.6 Å². The van der Waals surface area contributed by atoms with Gasteiger partial charge in [0.05, 0.1) is 0 Å². The van der Waals surface area contributed by atoms with Gasteiger partial charge in [-0.05, 0) is 30.7 Å². The Morgan fingerprint density at radius 3 is 2.59 bits per heavy atom. The van der Waals surface area contributed by atoms with E-state index >= 15 is 0 Å². The minimum Gasteiger partial charge on any atom is -0.338 e. The first kappa shape index (κ1) is 11.8. The highest BCUT2D eigenvalue weighted by Gasteiger charge is 1.98. The molecular weight excluding hydrogens is 212 g/mol. The van der Waals surface area contributed by atoms with Gasteiger partial charge in [-0.3, -0.25) is 4.98 Å². The molecule has 2 aromatic heterocycles. The van der Waals surface area contributed by atoms with Crippen LogP contribution in [0.4, 0.5) is 0 Å². The fraction of sp³-hybridized carbons (Fsp3) is 0.385. The predicted molar refractivity (Wildman–Crippen MR) is 67.7 cm³/mol. The zero-order chi connectivity index (χ0) is 11.9. The summed E-state index contributed by atoms with van der Waals surface area (Å²) in [6, 6.07) is 4.11. The topological polar surface area (TPSA) is 42.7 Å². The van der Waals surface area contributed by atoms with Crippen LogP contribution in [0.2, 0.25) is 0 Å². The lowest BCUT2D eigenvalue weighted by Crippen LogP contribution is -2.21. The highest BCUT2D eigenvalue weighted by atomic mass is 15.0. The van der Waals surface area contributed by atoms with Gasteiger partial charge in [-0.15, -0.1) is 0 Å². The van der Waals surface area contributed by atoms with Crippen molar-refractivity contribution in [2.45, 2.75) is 12.8 Å². The number of aryl methyl sites for hydroxylation is 1. The summed E-state index contributed by atoms with van der Waals surface area (Å²) in [6.45, 7) is 1.96. The van der Waals surface area contributed by atoms with Gasteiger partial charge in [0.2, 0.25) is 0 Å². The van der Waals surface area contributed by atoms with Crippen LogP contribution in [0, 0.1) is 0 Å². The van der Waals surface area contributed by atoms with Gasteiger partial charge < -0.3 is 9.88 Å². The van der Waals surface area contributed by atoms with E-state index < -0.39 is 0 Å². The number of imidazole rings is 1. The predicted octanol–water partition coefficient (Wildman–Crippen LogP) is 1.19. The van der Waals surface area contributed by atoms with Gasteiger partial charge in [0.15, 0.2) is 0 Å². The summed E-state index contributed by atoms with van der Waals surface area (Å²) in [5.41, 5.74) is 1.32. The molecular formula is C13H18N4. The normalized spacial score (nSPS) is 10.6. The van der Waals surface area contributed by atoms with Crippen LogP contribution in [0.3, 0.4) is 0 Å². The number of pyridine rings is 1. The average molecular weight is 230 g/mol. The lowest BCUT2D eigenvalue weighted by molar-refractivity contribution is 0.652. The SMILES string of the molecule is Cn1ccnc1CCNCCc1ccncc1. The first-order valence-electron chi connectivity index (χ1n) is 5.92. The average Bonchev–Trinajstić information content (AvgIpc) is 2.76. The number of aromatic nitrogens is 3. The summed E-state index contributed by atoms with van der Waals surface area (Å²) in [5, 5.41) is 3.43. The lowest BCUT2D eigenvalue weighted by Gasteiger charge is -2.05. The summed E-state index contributed by atoms with van der Waals surface area (Å²) in [6.07, 6.45) is 9.51. The molecule has 0 aliphatic rings. The summed E-state index contributed by atoms with van der Waals surface area (Å²) in [5.74, 6) is 1.13. The molecule has 0 spiro atoms. The van der Waals surface area contributed by atoms with Crippen molar-refractivity contribution in [2.75, 3.05) is 13.1 Å². The number of hydrogen-bond acceptors (Lipinski definition) is 3. The van der Waals surface area contributed by atoms with Crippen molar-refractivity contribution in [1.29, 1.82) is 0 Å². The van der Waals surface area contributed by atoms with E-state index in [1.807, 2.05) is 31.8 Å². The van der Waals surface area contributed by atoms with E-state index in [2.05, 4.69) is 32.0 Å². The van der Waals surface area contributed by atoms with Crippen LogP contribution in [0.1, 0.15) is 11.4 Å². The van der Waals surface area contributed by atoms with Gasteiger partial charge in [-0.2, -0.15) is 0 Å². The molecule has 4 nitrogen and oxygen atoms in total.